The third-order valence-electron chi connectivity index (χ3n) is 2.89. The molecule has 0 atom stereocenters. The van der Waals surface area contributed by atoms with Crippen LogP contribution in [0.5, 0.6) is 0 Å². The van der Waals surface area contributed by atoms with Crippen LogP contribution in [0.25, 0.3) is 0 Å². The summed E-state index contributed by atoms with van der Waals surface area (Å²) in [6.45, 7) is 2.34. The molecule has 0 spiro atoms. The summed E-state index contributed by atoms with van der Waals surface area (Å²) in [6, 6.07) is 10.2. The molecule has 1 radical (unpaired) electrons. The molecule has 0 unspecified atom stereocenters. The second kappa shape index (κ2) is 6.15. The van der Waals surface area contributed by atoms with Crippen LogP contribution in [-0.4, -0.2) is 34.0 Å². The van der Waals surface area contributed by atoms with E-state index in [1.165, 1.54) is 5.56 Å². The summed E-state index contributed by atoms with van der Waals surface area (Å²) in [5, 5.41) is 0. The number of rotatable bonds is 6. The number of carbonyl (C=O) groups is 1. The van der Waals surface area contributed by atoms with Crippen molar-refractivity contribution in [3.8, 4) is 0 Å². The van der Waals surface area contributed by atoms with E-state index in [2.05, 4.69) is 28.2 Å². The van der Waals surface area contributed by atoms with E-state index in [1.54, 1.807) is 10.8 Å². The molecule has 1 amide bonds. The number of nitrogens with two attached hydrogens (primary N) is 1. The number of hydrogen-bond donors (Lipinski definition) is 1. The fourth-order valence-corrected chi connectivity index (χ4v) is 1.90. The van der Waals surface area contributed by atoms with E-state index in [-0.39, 0.29) is 5.82 Å². The highest BCUT2D eigenvalue weighted by Crippen LogP contribution is 2.03. The van der Waals surface area contributed by atoms with Gasteiger partial charge in [0.05, 0.1) is 0 Å². The Morgan fingerprint density at radius 2 is 2.16 bits per heavy atom. The van der Waals surface area contributed by atoms with Gasteiger partial charge < -0.3 is 15.2 Å². The minimum Gasteiger partial charge on any atom is -0.363 e. The highest BCUT2D eigenvalue weighted by Gasteiger charge is 2.09. The van der Waals surface area contributed by atoms with E-state index >= 15 is 0 Å². The van der Waals surface area contributed by atoms with Crippen molar-refractivity contribution in [1.82, 2.24) is 14.5 Å². The van der Waals surface area contributed by atoms with Gasteiger partial charge in [-0.25, -0.2) is 4.98 Å². The molecule has 2 rings (SSSR count). The third kappa shape index (κ3) is 3.66. The average molecular weight is 257 g/mol. The van der Waals surface area contributed by atoms with Crippen LogP contribution in [-0.2, 0) is 13.1 Å². The Hall–Kier alpha value is -2.14. The zero-order chi connectivity index (χ0) is 13.7. The summed E-state index contributed by atoms with van der Waals surface area (Å²) in [6.07, 6.45) is 4.30. The topological polar surface area (TPSA) is 64.2 Å². The Bertz CT molecular complexity index is 535. The smallest absolute Gasteiger partial charge is 0.284 e. The molecule has 0 saturated carbocycles. The van der Waals surface area contributed by atoms with E-state index < -0.39 is 5.91 Å². The minimum absolute atomic E-state index is 0.258. The Kier molecular flexibility index (Phi) is 4.30. The maximum Gasteiger partial charge on any atom is 0.284 e. The van der Waals surface area contributed by atoms with Crippen molar-refractivity contribution in [2.75, 3.05) is 13.6 Å². The molecule has 5 nitrogen and oxygen atoms in total. The fraction of sp³-hybridized carbons (Fsp3) is 0.286. The number of aromatic nitrogens is 2. The Labute approximate surface area is 112 Å². The van der Waals surface area contributed by atoms with Gasteiger partial charge in [0, 0.05) is 25.8 Å². The Morgan fingerprint density at radius 3 is 2.84 bits per heavy atom. The molecule has 1 aromatic heterocycles. The SMILES string of the molecule is CN(CCn1c[c]nc1C(N)=O)Cc1ccccc1. The number of amides is 1. The Balaban J connectivity index is 1.88. The lowest BCUT2D eigenvalue weighted by Gasteiger charge is -2.17. The summed E-state index contributed by atoms with van der Waals surface area (Å²) in [5.74, 6) is -0.264. The monoisotopic (exact) mass is 257 g/mol. The quantitative estimate of drug-likeness (QED) is 0.836. The molecule has 0 fully saturated rings. The first kappa shape index (κ1) is 13.3. The van der Waals surface area contributed by atoms with Gasteiger partial charge in [0.1, 0.15) is 6.20 Å². The second-order valence-corrected chi connectivity index (χ2v) is 4.47. The number of imidazole rings is 1. The van der Waals surface area contributed by atoms with Crippen molar-refractivity contribution in [3.63, 3.8) is 0 Å². The van der Waals surface area contributed by atoms with Crippen LogP contribution in [0.4, 0.5) is 0 Å². The van der Waals surface area contributed by atoms with Crippen molar-refractivity contribution in [3.05, 3.63) is 54.1 Å². The van der Waals surface area contributed by atoms with Crippen molar-refractivity contribution in [1.29, 1.82) is 0 Å². The molecule has 0 aliphatic rings. The van der Waals surface area contributed by atoms with Gasteiger partial charge in [-0.05, 0) is 12.6 Å². The van der Waals surface area contributed by atoms with Crippen LogP contribution < -0.4 is 5.73 Å². The van der Waals surface area contributed by atoms with Gasteiger partial charge in [-0.15, -0.1) is 0 Å². The van der Waals surface area contributed by atoms with Gasteiger partial charge in [-0.3, -0.25) is 4.79 Å². The van der Waals surface area contributed by atoms with Gasteiger partial charge in [0.15, 0.2) is 5.82 Å². The molecule has 2 N–H and O–H groups in total. The fourth-order valence-electron chi connectivity index (χ4n) is 1.90. The normalized spacial score (nSPS) is 10.8. The van der Waals surface area contributed by atoms with E-state index in [0.717, 1.165) is 13.1 Å². The van der Waals surface area contributed by atoms with Gasteiger partial charge in [0.25, 0.3) is 5.91 Å². The molecule has 5 heteroatoms. The van der Waals surface area contributed by atoms with Gasteiger partial charge in [0.2, 0.25) is 0 Å². The van der Waals surface area contributed by atoms with Gasteiger partial charge in [-0.1, -0.05) is 30.3 Å². The molecule has 0 saturated heterocycles. The molecule has 0 bridgehead atoms. The summed E-state index contributed by atoms with van der Waals surface area (Å²) in [7, 11) is 2.04. The van der Waals surface area contributed by atoms with Crippen LogP contribution in [0.15, 0.2) is 36.5 Å². The van der Waals surface area contributed by atoms with Crippen molar-refractivity contribution < 1.29 is 4.79 Å². The highest BCUT2D eigenvalue weighted by molar-refractivity contribution is 5.89. The molecule has 2 aromatic rings. The number of primary amides is 1. The summed E-state index contributed by atoms with van der Waals surface area (Å²) >= 11 is 0. The molecular weight excluding hydrogens is 240 g/mol. The maximum absolute atomic E-state index is 11.1. The summed E-state index contributed by atoms with van der Waals surface area (Å²) in [5.41, 5.74) is 6.49. The van der Waals surface area contributed by atoms with Crippen LogP contribution in [0.2, 0.25) is 0 Å². The second-order valence-electron chi connectivity index (χ2n) is 4.47. The number of carbonyl (C=O) groups excluding carboxylic acids is 1. The van der Waals surface area contributed by atoms with Gasteiger partial charge in [-0.2, -0.15) is 0 Å². The minimum atomic E-state index is -0.521. The van der Waals surface area contributed by atoms with E-state index in [4.69, 9.17) is 5.73 Å². The predicted molar refractivity (Wildman–Crippen MR) is 72.4 cm³/mol. The van der Waals surface area contributed by atoms with Crippen LogP contribution in [0.1, 0.15) is 16.2 Å². The molecule has 1 heterocycles. The highest BCUT2D eigenvalue weighted by atomic mass is 16.1. The molecule has 0 aliphatic heterocycles. The lowest BCUT2D eigenvalue weighted by molar-refractivity contribution is 0.0985. The standard InChI is InChI=1S/C14H17N4O/c1-17(11-12-5-3-2-4-6-12)9-10-18-8-7-16-14(18)13(15)19/h2-6,8H,9-11H2,1H3,(H2,15,19). The molecular formula is C14H17N4O. The van der Waals surface area contributed by atoms with Crippen LogP contribution in [0.3, 0.4) is 0 Å². The van der Waals surface area contributed by atoms with Crippen molar-refractivity contribution in [2.45, 2.75) is 13.1 Å². The predicted octanol–water partition coefficient (Wildman–Crippen LogP) is 0.914. The number of benzene rings is 1. The van der Waals surface area contributed by atoms with E-state index in [0.29, 0.717) is 6.54 Å². The van der Waals surface area contributed by atoms with Crippen LogP contribution >= 0.6 is 0 Å². The first-order valence-electron chi connectivity index (χ1n) is 6.12. The number of hydrogen-bond acceptors (Lipinski definition) is 3. The first-order valence-corrected chi connectivity index (χ1v) is 6.12. The van der Waals surface area contributed by atoms with Crippen LogP contribution in [0, 0.1) is 6.20 Å². The molecule has 0 aliphatic carbocycles. The third-order valence-corrected chi connectivity index (χ3v) is 2.89. The van der Waals surface area contributed by atoms with E-state index in [9.17, 15) is 4.79 Å². The summed E-state index contributed by atoms with van der Waals surface area (Å²) in [4.78, 5) is 17.1. The number of nitrogens with zero attached hydrogens (tertiary/aromatic N) is 3. The zero-order valence-electron chi connectivity index (χ0n) is 10.9. The number of likely N-dealkylation sites (N-methyl/N-ethyl adjacent to an activating group) is 1. The molecule has 19 heavy (non-hydrogen) atoms. The Morgan fingerprint density at radius 1 is 1.42 bits per heavy atom. The van der Waals surface area contributed by atoms with E-state index in [1.807, 2.05) is 25.2 Å². The average Bonchev–Trinajstić information content (AvgIpc) is 2.86. The zero-order valence-corrected chi connectivity index (χ0v) is 10.9. The van der Waals surface area contributed by atoms with Gasteiger partial charge >= 0.3 is 0 Å². The maximum atomic E-state index is 11.1. The van der Waals surface area contributed by atoms with Crippen molar-refractivity contribution >= 4 is 5.91 Å². The lowest BCUT2D eigenvalue weighted by Crippen LogP contribution is -2.25. The van der Waals surface area contributed by atoms with Crippen molar-refractivity contribution in [2.24, 2.45) is 5.73 Å². The largest absolute Gasteiger partial charge is 0.363 e. The molecule has 99 valence electrons. The first-order chi connectivity index (χ1) is 9.16. The lowest BCUT2D eigenvalue weighted by atomic mass is 10.2. The molecule has 1 aromatic carbocycles. The summed E-state index contributed by atoms with van der Waals surface area (Å²) < 4.78 is 1.73.